The Morgan fingerprint density at radius 3 is 2.62 bits per heavy atom. The highest BCUT2D eigenvalue weighted by molar-refractivity contribution is 7.10. The first-order valence-electron chi connectivity index (χ1n) is 9.17. The molecule has 2 N–H and O–H groups in total. The zero-order valence-electron chi connectivity index (χ0n) is 15.8. The Kier molecular flexibility index (Phi) is 5.48. The number of nitrogens with one attached hydrogen (secondary N) is 2. The highest BCUT2D eigenvalue weighted by Gasteiger charge is 2.24. The summed E-state index contributed by atoms with van der Waals surface area (Å²) in [6, 6.07) is 15.7. The van der Waals surface area contributed by atoms with E-state index in [9.17, 15) is 9.59 Å². The molecule has 2 amide bonds. The summed E-state index contributed by atoms with van der Waals surface area (Å²) in [5, 5.41) is 7.65. The molecule has 0 unspecified atom stereocenters. The summed E-state index contributed by atoms with van der Waals surface area (Å²) in [4.78, 5) is 26.5. The maximum atomic E-state index is 13.0. The molecule has 0 aliphatic carbocycles. The Balaban J connectivity index is 1.52. The molecule has 0 saturated heterocycles. The van der Waals surface area contributed by atoms with E-state index in [1.165, 1.54) is 11.3 Å². The lowest BCUT2D eigenvalue weighted by Crippen LogP contribution is -2.37. The molecule has 2 aromatic carbocycles. The largest absolute Gasteiger partial charge is 0.454 e. The van der Waals surface area contributed by atoms with E-state index in [-0.39, 0.29) is 25.0 Å². The molecule has 0 radical (unpaired) electrons. The van der Waals surface area contributed by atoms with Crippen molar-refractivity contribution < 1.29 is 19.1 Å². The van der Waals surface area contributed by atoms with Crippen LogP contribution in [-0.4, -0.2) is 18.6 Å². The number of benzene rings is 2. The van der Waals surface area contributed by atoms with E-state index in [4.69, 9.17) is 9.47 Å². The van der Waals surface area contributed by atoms with Crippen molar-refractivity contribution in [3.05, 3.63) is 76.0 Å². The molecule has 148 valence electrons. The average Bonchev–Trinajstić information content (AvgIpc) is 3.38. The summed E-state index contributed by atoms with van der Waals surface area (Å²) in [5.41, 5.74) is 2.37. The first kappa shape index (κ1) is 19.0. The van der Waals surface area contributed by atoms with Gasteiger partial charge in [-0.2, -0.15) is 0 Å². The molecule has 1 aliphatic rings. The normalized spacial score (nSPS) is 13.0. The number of fused-ring (bicyclic) bond motifs is 1. The summed E-state index contributed by atoms with van der Waals surface area (Å²) < 4.78 is 10.7. The lowest BCUT2D eigenvalue weighted by atomic mass is 10.0. The van der Waals surface area contributed by atoms with Gasteiger partial charge in [-0.15, -0.1) is 11.3 Å². The van der Waals surface area contributed by atoms with Crippen LogP contribution in [-0.2, 0) is 16.0 Å². The zero-order chi connectivity index (χ0) is 20.2. The van der Waals surface area contributed by atoms with Crippen molar-refractivity contribution >= 4 is 28.8 Å². The van der Waals surface area contributed by atoms with Crippen LogP contribution in [0.3, 0.4) is 0 Å². The number of hydrogen-bond acceptors (Lipinski definition) is 5. The van der Waals surface area contributed by atoms with Gasteiger partial charge in [0, 0.05) is 16.6 Å². The maximum absolute atomic E-state index is 13.0. The fourth-order valence-corrected chi connectivity index (χ4v) is 3.73. The second-order valence-corrected chi connectivity index (χ2v) is 7.76. The van der Waals surface area contributed by atoms with Gasteiger partial charge >= 0.3 is 0 Å². The van der Waals surface area contributed by atoms with Crippen molar-refractivity contribution in [1.29, 1.82) is 0 Å². The number of carbonyl (C=O) groups is 2. The summed E-state index contributed by atoms with van der Waals surface area (Å²) in [6.45, 7) is 2.14. The topological polar surface area (TPSA) is 76.7 Å². The molecule has 1 aromatic heterocycles. The van der Waals surface area contributed by atoms with Gasteiger partial charge in [0.05, 0.1) is 6.42 Å². The summed E-state index contributed by atoms with van der Waals surface area (Å²) in [6.07, 6.45) is 0.233. The van der Waals surface area contributed by atoms with Crippen molar-refractivity contribution in [3.8, 4) is 11.5 Å². The Bertz CT molecular complexity index is 1020. The number of hydrogen-bond donors (Lipinski definition) is 2. The van der Waals surface area contributed by atoms with Crippen LogP contribution in [0.4, 0.5) is 5.69 Å². The smallest absolute Gasteiger partial charge is 0.251 e. The molecule has 29 heavy (non-hydrogen) atoms. The van der Waals surface area contributed by atoms with Crippen LogP contribution < -0.4 is 20.1 Å². The highest BCUT2D eigenvalue weighted by Crippen LogP contribution is 2.34. The van der Waals surface area contributed by atoms with Gasteiger partial charge in [-0.05, 0) is 36.1 Å². The van der Waals surface area contributed by atoms with Crippen LogP contribution in [0.5, 0.6) is 11.5 Å². The van der Waals surface area contributed by atoms with Crippen LogP contribution in [0.1, 0.15) is 22.0 Å². The SMILES string of the molecule is Cc1ccc([C@H](NC(=O)Cc2cccs2)C(=O)Nc2ccc3c(c2)OCO3)cc1. The first-order chi connectivity index (χ1) is 14.1. The number of rotatable bonds is 6. The lowest BCUT2D eigenvalue weighted by Gasteiger charge is -2.19. The minimum atomic E-state index is -0.812. The number of anilines is 1. The zero-order valence-corrected chi connectivity index (χ0v) is 16.6. The van der Waals surface area contributed by atoms with Gasteiger partial charge in [0.25, 0.3) is 5.91 Å². The highest BCUT2D eigenvalue weighted by atomic mass is 32.1. The molecular weight excluding hydrogens is 388 g/mol. The van der Waals surface area contributed by atoms with Crippen LogP contribution in [0.15, 0.2) is 60.0 Å². The molecule has 0 spiro atoms. The molecule has 4 rings (SSSR count). The predicted octanol–water partition coefficient (Wildman–Crippen LogP) is 3.82. The van der Waals surface area contributed by atoms with Crippen molar-refractivity contribution in [3.63, 3.8) is 0 Å². The van der Waals surface area contributed by atoms with Crippen molar-refractivity contribution in [2.45, 2.75) is 19.4 Å². The third kappa shape index (κ3) is 4.57. The van der Waals surface area contributed by atoms with Gasteiger partial charge in [0.2, 0.25) is 12.7 Å². The molecule has 0 fully saturated rings. The number of thiophene rings is 1. The quantitative estimate of drug-likeness (QED) is 0.650. The van der Waals surface area contributed by atoms with Gasteiger partial charge in [0.15, 0.2) is 11.5 Å². The van der Waals surface area contributed by atoms with E-state index in [0.29, 0.717) is 22.7 Å². The number of ether oxygens (including phenoxy) is 2. The van der Waals surface area contributed by atoms with E-state index < -0.39 is 6.04 Å². The molecule has 1 atom stereocenters. The maximum Gasteiger partial charge on any atom is 0.251 e. The molecule has 0 bridgehead atoms. The van der Waals surface area contributed by atoms with Crippen molar-refractivity contribution in [2.24, 2.45) is 0 Å². The van der Waals surface area contributed by atoms with E-state index in [2.05, 4.69) is 10.6 Å². The third-order valence-electron chi connectivity index (χ3n) is 4.53. The molecular formula is C22H20N2O4S. The van der Waals surface area contributed by atoms with Gasteiger partial charge in [-0.3, -0.25) is 9.59 Å². The Morgan fingerprint density at radius 1 is 1.07 bits per heavy atom. The van der Waals surface area contributed by atoms with Gasteiger partial charge in [0.1, 0.15) is 6.04 Å². The van der Waals surface area contributed by atoms with Gasteiger partial charge in [-0.25, -0.2) is 0 Å². The van der Waals surface area contributed by atoms with E-state index in [0.717, 1.165) is 10.4 Å². The lowest BCUT2D eigenvalue weighted by molar-refractivity contribution is -0.126. The van der Waals surface area contributed by atoms with E-state index in [1.807, 2.05) is 48.7 Å². The summed E-state index contributed by atoms with van der Waals surface area (Å²) >= 11 is 1.51. The second kappa shape index (κ2) is 8.36. The molecule has 7 heteroatoms. The molecule has 2 heterocycles. The van der Waals surface area contributed by atoms with E-state index >= 15 is 0 Å². The van der Waals surface area contributed by atoms with E-state index in [1.54, 1.807) is 18.2 Å². The average molecular weight is 408 g/mol. The van der Waals surface area contributed by atoms with Gasteiger partial charge in [-0.1, -0.05) is 35.9 Å². The second-order valence-electron chi connectivity index (χ2n) is 6.72. The minimum absolute atomic E-state index is 0.164. The molecule has 0 saturated carbocycles. The Hall–Kier alpha value is -3.32. The van der Waals surface area contributed by atoms with Crippen LogP contribution >= 0.6 is 11.3 Å². The fourth-order valence-electron chi connectivity index (χ4n) is 3.03. The summed E-state index contributed by atoms with van der Waals surface area (Å²) in [5.74, 6) is 0.685. The molecule has 3 aromatic rings. The summed E-state index contributed by atoms with van der Waals surface area (Å²) in [7, 11) is 0. The number of carbonyl (C=O) groups excluding carboxylic acids is 2. The third-order valence-corrected chi connectivity index (χ3v) is 5.41. The van der Waals surface area contributed by atoms with Crippen molar-refractivity contribution in [1.82, 2.24) is 5.32 Å². The minimum Gasteiger partial charge on any atom is -0.454 e. The standard InChI is InChI=1S/C22H20N2O4S/c1-14-4-6-15(7-5-14)21(24-20(25)12-17-3-2-10-29-17)22(26)23-16-8-9-18-19(11-16)28-13-27-18/h2-11,21H,12-13H2,1H3,(H,23,26)(H,24,25)/t21-/m0/s1. The van der Waals surface area contributed by atoms with Crippen LogP contribution in [0.25, 0.3) is 0 Å². The fraction of sp³-hybridized carbons (Fsp3) is 0.182. The first-order valence-corrected chi connectivity index (χ1v) is 10.1. The van der Waals surface area contributed by atoms with Crippen molar-refractivity contribution in [2.75, 3.05) is 12.1 Å². The monoisotopic (exact) mass is 408 g/mol. The predicted molar refractivity (Wildman–Crippen MR) is 111 cm³/mol. The Labute approximate surface area is 172 Å². The molecule has 1 aliphatic heterocycles. The number of amides is 2. The van der Waals surface area contributed by atoms with Crippen LogP contribution in [0.2, 0.25) is 0 Å². The van der Waals surface area contributed by atoms with Crippen LogP contribution in [0, 0.1) is 6.92 Å². The Morgan fingerprint density at radius 2 is 1.86 bits per heavy atom. The number of aryl methyl sites for hydroxylation is 1. The van der Waals surface area contributed by atoms with Gasteiger partial charge < -0.3 is 20.1 Å². The molecule has 6 nitrogen and oxygen atoms in total.